The SMILES string of the molecule is C=C(N)[C@H](C)CCCNC(N)=C(C)CC.CCC(C)C(=Nc1cc(C(=O)N2CCN(c3ccc(F)cc3)CC2)ccc1C)c1cccc(Oc2ccc(OC)cc2)c1. The number of nitrogens with two attached hydrogens (primary N) is 2. The molecule has 10 heteroatoms. The third-order valence-corrected chi connectivity index (χ3v) is 10.7. The Bertz CT molecular complexity index is 2000. The highest BCUT2D eigenvalue weighted by Gasteiger charge is 2.23. The first-order valence-corrected chi connectivity index (χ1v) is 20.4. The smallest absolute Gasteiger partial charge is 0.254 e. The van der Waals surface area contributed by atoms with Gasteiger partial charge in [-0.05, 0) is 141 Å². The highest BCUT2D eigenvalue weighted by molar-refractivity contribution is 6.04. The third-order valence-electron chi connectivity index (χ3n) is 10.7. The summed E-state index contributed by atoms with van der Waals surface area (Å²) in [7, 11) is 1.64. The molecule has 2 atom stereocenters. The molecule has 1 saturated heterocycles. The minimum Gasteiger partial charge on any atom is -0.497 e. The second-order valence-electron chi connectivity index (χ2n) is 15.0. The van der Waals surface area contributed by atoms with Gasteiger partial charge in [-0.2, -0.15) is 0 Å². The van der Waals surface area contributed by atoms with Gasteiger partial charge in [-0.15, -0.1) is 0 Å². The van der Waals surface area contributed by atoms with Crippen molar-refractivity contribution in [3.05, 3.63) is 137 Å². The minimum atomic E-state index is -0.249. The van der Waals surface area contributed by atoms with Crippen LogP contribution in [-0.2, 0) is 0 Å². The number of anilines is 1. The molecule has 1 amide bonds. The Labute approximate surface area is 345 Å². The molecule has 0 bridgehead atoms. The van der Waals surface area contributed by atoms with Crippen LogP contribution in [0.15, 0.2) is 120 Å². The van der Waals surface area contributed by atoms with Crippen LogP contribution in [-0.4, -0.2) is 56.4 Å². The summed E-state index contributed by atoms with van der Waals surface area (Å²) in [5.74, 6) is 3.36. The molecule has 4 aromatic carbocycles. The van der Waals surface area contributed by atoms with Crippen LogP contribution in [0.2, 0.25) is 0 Å². The van der Waals surface area contributed by atoms with Crippen LogP contribution in [0.4, 0.5) is 15.8 Å². The molecule has 1 heterocycles. The van der Waals surface area contributed by atoms with Gasteiger partial charge in [-0.25, -0.2) is 4.39 Å². The van der Waals surface area contributed by atoms with Gasteiger partial charge in [-0.1, -0.05) is 52.5 Å². The van der Waals surface area contributed by atoms with E-state index < -0.39 is 0 Å². The minimum absolute atomic E-state index is 0.00446. The number of nitrogens with zero attached hydrogens (tertiary/aromatic N) is 3. The molecule has 1 aliphatic rings. The van der Waals surface area contributed by atoms with Crippen LogP contribution in [0, 0.1) is 24.6 Å². The first-order valence-electron chi connectivity index (χ1n) is 20.4. The molecule has 9 nitrogen and oxygen atoms in total. The van der Waals surface area contributed by atoms with Crippen molar-refractivity contribution in [2.75, 3.05) is 44.7 Å². The number of carbonyl (C=O) groups excluding carboxylic acids is 1. The lowest BCUT2D eigenvalue weighted by molar-refractivity contribution is 0.0747. The number of amides is 1. The fourth-order valence-corrected chi connectivity index (χ4v) is 6.30. The molecule has 58 heavy (non-hydrogen) atoms. The van der Waals surface area contributed by atoms with Gasteiger partial charge in [0.25, 0.3) is 5.91 Å². The van der Waals surface area contributed by atoms with E-state index >= 15 is 0 Å². The van der Waals surface area contributed by atoms with Crippen molar-refractivity contribution in [1.82, 2.24) is 10.2 Å². The number of nitrogens with one attached hydrogen (secondary N) is 1. The normalized spacial score (nSPS) is 14.4. The van der Waals surface area contributed by atoms with Crippen LogP contribution >= 0.6 is 0 Å². The second-order valence-corrected chi connectivity index (χ2v) is 15.0. The number of hydrogen-bond acceptors (Lipinski definition) is 8. The molecule has 1 fully saturated rings. The molecular formula is C48H63FN6O3. The molecule has 0 saturated carbocycles. The number of methoxy groups -OCH3 is 1. The van der Waals surface area contributed by atoms with Gasteiger partial charge in [0.15, 0.2) is 0 Å². The molecular weight excluding hydrogens is 728 g/mol. The van der Waals surface area contributed by atoms with E-state index in [1.807, 2.05) is 79.4 Å². The number of halogens is 1. The molecule has 5 N–H and O–H groups in total. The van der Waals surface area contributed by atoms with Crippen LogP contribution in [0.25, 0.3) is 0 Å². The van der Waals surface area contributed by atoms with Crippen molar-refractivity contribution in [1.29, 1.82) is 0 Å². The standard InChI is InChI=1S/C36H38FN3O3.C12H25N3/c1-5-25(2)35(27-7-6-8-33(23-27)43-32-17-15-31(42-4)16-18-32)38-34-24-28(10-9-26(34)3)36(41)40-21-19-39(20-22-40)30-13-11-29(37)12-14-30;1-5-9(2)12(14)15-8-6-7-10(3)11(4)13/h6-18,23-25H,5,19-22H2,1-4H3;10,15H,4-8,13-14H2,1-3H3/t;10-/m.1/s1. The van der Waals surface area contributed by atoms with Gasteiger partial charge in [-0.3, -0.25) is 9.79 Å². The van der Waals surface area contributed by atoms with Crippen LogP contribution in [0.3, 0.4) is 0 Å². The fraction of sp³-hybridized carbons (Fsp3) is 0.375. The van der Waals surface area contributed by atoms with E-state index in [0.29, 0.717) is 37.7 Å². The lowest BCUT2D eigenvalue weighted by atomic mass is 9.95. The van der Waals surface area contributed by atoms with E-state index in [1.54, 1.807) is 19.2 Å². The quantitative estimate of drug-likeness (QED) is 0.0764. The van der Waals surface area contributed by atoms with Gasteiger partial charge < -0.3 is 36.1 Å². The van der Waals surface area contributed by atoms with Crippen LogP contribution in [0.5, 0.6) is 17.2 Å². The van der Waals surface area contributed by atoms with E-state index in [2.05, 4.69) is 50.6 Å². The summed E-state index contributed by atoms with van der Waals surface area (Å²) in [6.07, 6.45) is 4.03. The average Bonchev–Trinajstić information content (AvgIpc) is 3.24. The Kier molecular flexibility index (Phi) is 17.2. The highest BCUT2D eigenvalue weighted by Crippen LogP contribution is 2.29. The molecule has 0 spiro atoms. The van der Waals surface area contributed by atoms with E-state index in [9.17, 15) is 9.18 Å². The third kappa shape index (κ3) is 13.1. The molecule has 310 valence electrons. The Morgan fingerprint density at radius 2 is 1.55 bits per heavy atom. The Balaban J connectivity index is 0.000000422. The van der Waals surface area contributed by atoms with Gasteiger partial charge >= 0.3 is 0 Å². The van der Waals surface area contributed by atoms with Crippen molar-refractivity contribution < 1.29 is 18.7 Å². The monoisotopic (exact) mass is 790 g/mol. The van der Waals surface area contributed by atoms with E-state index in [-0.39, 0.29) is 17.6 Å². The summed E-state index contributed by atoms with van der Waals surface area (Å²) in [5.41, 5.74) is 18.7. The maximum absolute atomic E-state index is 13.5. The zero-order valence-electron chi connectivity index (χ0n) is 35.5. The summed E-state index contributed by atoms with van der Waals surface area (Å²) >= 11 is 0. The van der Waals surface area contributed by atoms with Gasteiger partial charge in [0.05, 0.1) is 24.3 Å². The second kappa shape index (κ2) is 22.2. The first kappa shape index (κ1) is 44.9. The molecule has 0 radical (unpaired) electrons. The average molecular weight is 791 g/mol. The zero-order valence-corrected chi connectivity index (χ0v) is 35.5. The molecule has 0 aliphatic carbocycles. The van der Waals surface area contributed by atoms with Crippen molar-refractivity contribution >= 4 is 23.0 Å². The van der Waals surface area contributed by atoms with Gasteiger partial charge in [0.1, 0.15) is 23.1 Å². The zero-order chi connectivity index (χ0) is 42.2. The fourth-order valence-electron chi connectivity index (χ4n) is 6.30. The number of aliphatic imine (C=N–C) groups is 1. The maximum atomic E-state index is 13.5. The Morgan fingerprint density at radius 1 is 0.879 bits per heavy atom. The van der Waals surface area contributed by atoms with Gasteiger partial charge in [0, 0.05) is 49.7 Å². The van der Waals surface area contributed by atoms with Crippen molar-refractivity contribution in [3.8, 4) is 17.2 Å². The number of hydrogen-bond donors (Lipinski definition) is 3. The van der Waals surface area contributed by atoms with Crippen molar-refractivity contribution in [2.45, 2.75) is 67.2 Å². The lowest BCUT2D eigenvalue weighted by Gasteiger charge is -2.36. The molecule has 5 rings (SSSR count). The van der Waals surface area contributed by atoms with Crippen LogP contribution in [0.1, 0.15) is 81.8 Å². The highest BCUT2D eigenvalue weighted by atomic mass is 19.1. The van der Waals surface area contributed by atoms with Crippen molar-refractivity contribution in [2.24, 2.45) is 28.3 Å². The van der Waals surface area contributed by atoms with Crippen molar-refractivity contribution in [3.63, 3.8) is 0 Å². The number of allylic oxidation sites excluding steroid dienone is 2. The largest absolute Gasteiger partial charge is 0.497 e. The predicted molar refractivity (Wildman–Crippen MR) is 238 cm³/mol. The molecule has 1 unspecified atom stereocenters. The number of ether oxygens (including phenoxy) is 2. The van der Waals surface area contributed by atoms with E-state index in [0.717, 1.165) is 89.2 Å². The number of piperazine rings is 1. The molecule has 1 aliphatic heterocycles. The number of rotatable bonds is 16. The van der Waals surface area contributed by atoms with E-state index in [4.69, 9.17) is 25.9 Å². The van der Waals surface area contributed by atoms with Crippen LogP contribution < -0.4 is 31.2 Å². The summed E-state index contributed by atoms with van der Waals surface area (Å²) in [5, 5.41) is 3.21. The summed E-state index contributed by atoms with van der Waals surface area (Å²) in [6.45, 7) is 19.8. The summed E-state index contributed by atoms with van der Waals surface area (Å²) in [6, 6.07) is 27.7. The molecule has 0 aromatic heterocycles. The van der Waals surface area contributed by atoms with Gasteiger partial charge in [0.2, 0.25) is 0 Å². The Hall–Kier alpha value is -5.77. The first-order chi connectivity index (χ1) is 27.8. The predicted octanol–water partition coefficient (Wildman–Crippen LogP) is 10.1. The topological polar surface area (TPSA) is 118 Å². The number of carbonyl (C=O) groups is 1. The van der Waals surface area contributed by atoms with E-state index in [1.165, 1.54) is 17.7 Å². The maximum Gasteiger partial charge on any atom is 0.254 e. The Morgan fingerprint density at radius 3 is 2.17 bits per heavy atom. The lowest BCUT2D eigenvalue weighted by Crippen LogP contribution is -2.48. The molecule has 4 aromatic rings. The number of benzene rings is 4. The number of aryl methyl sites for hydroxylation is 1. The summed E-state index contributed by atoms with van der Waals surface area (Å²) < 4.78 is 24.7. The summed E-state index contributed by atoms with van der Waals surface area (Å²) in [4.78, 5) is 22.8.